The van der Waals surface area contributed by atoms with Gasteiger partial charge in [0.25, 0.3) is 0 Å². The number of nitrogens with one attached hydrogen (secondary N) is 1. The number of halogens is 6. The molecular weight excluding hydrogens is 320 g/mol. The second-order valence-corrected chi connectivity index (χ2v) is 4.97. The summed E-state index contributed by atoms with van der Waals surface area (Å²) < 4.78 is 78.5. The van der Waals surface area contributed by atoms with E-state index < -0.39 is 35.6 Å². The Bertz CT molecular complexity index is 669. The molecule has 1 unspecified atom stereocenters. The number of hydrogen-bond donors (Lipinski definition) is 1. The van der Waals surface area contributed by atoms with E-state index in [-0.39, 0.29) is 5.56 Å². The molecule has 0 aromatic heterocycles. The molecule has 2 aromatic carbocycles. The summed E-state index contributed by atoms with van der Waals surface area (Å²) in [5.74, 6) is -6.01. The molecule has 0 bridgehead atoms. The molecular formula is C16H13F6N. The predicted molar refractivity (Wildman–Crippen MR) is 73.6 cm³/mol. The van der Waals surface area contributed by atoms with Gasteiger partial charge in [-0.25, -0.2) is 17.6 Å². The molecule has 0 radical (unpaired) electrons. The number of hydrogen-bond acceptors (Lipinski definition) is 1. The highest BCUT2D eigenvalue weighted by atomic mass is 19.3. The Balaban J connectivity index is 2.49. The summed E-state index contributed by atoms with van der Waals surface area (Å²) in [5.41, 5.74) is -0.592. The van der Waals surface area contributed by atoms with Crippen LogP contribution in [-0.2, 0) is 5.92 Å². The van der Waals surface area contributed by atoms with Crippen molar-refractivity contribution in [3.8, 4) is 0 Å². The molecule has 23 heavy (non-hydrogen) atoms. The van der Waals surface area contributed by atoms with Crippen LogP contribution in [0, 0.1) is 11.6 Å². The first kappa shape index (κ1) is 17.3. The van der Waals surface area contributed by atoms with Crippen LogP contribution in [0.4, 0.5) is 26.3 Å². The molecule has 1 nitrogen and oxygen atoms in total. The van der Waals surface area contributed by atoms with Gasteiger partial charge in [0.05, 0.1) is 6.04 Å². The summed E-state index contributed by atoms with van der Waals surface area (Å²) in [6, 6.07) is 6.53. The zero-order chi connectivity index (χ0) is 17.2. The Morgan fingerprint density at radius 1 is 0.870 bits per heavy atom. The van der Waals surface area contributed by atoms with E-state index in [0.29, 0.717) is 11.6 Å². The summed E-state index contributed by atoms with van der Waals surface area (Å²) in [5, 5.41) is 2.77. The first-order valence-electron chi connectivity index (χ1n) is 6.65. The lowest BCUT2D eigenvalue weighted by Crippen LogP contribution is -2.25. The average molecular weight is 333 g/mol. The van der Waals surface area contributed by atoms with Gasteiger partial charge in [0, 0.05) is 5.56 Å². The van der Waals surface area contributed by atoms with Gasteiger partial charge < -0.3 is 5.32 Å². The van der Waals surface area contributed by atoms with Crippen molar-refractivity contribution >= 4 is 0 Å². The lowest BCUT2D eigenvalue weighted by atomic mass is 9.95. The van der Waals surface area contributed by atoms with E-state index in [0.717, 1.165) is 24.3 Å². The van der Waals surface area contributed by atoms with E-state index in [1.165, 1.54) is 19.2 Å². The fourth-order valence-electron chi connectivity index (χ4n) is 2.28. The van der Waals surface area contributed by atoms with Crippen LogP contribution < -0.4 is 5.32 Å². The first-order valence-corrected chi connectivity index (χ1v) is 6.65. The fraction of sp³-hybridized carbons (Fsp3) is 0.250. The van der Waals surface area contributed by atoms with Crippen molar-refractivity contribution in [2.24, 2.45) is 0 Å². The summed E-state index contributed by atoms with van der Waals surface area (Å²) in [4.78, 5) is 0. The molecule has 0 fully saturated rings. The van der Waals surface area contributed by atoms with Crippen molar-refractivity contribution in [1.82, 2.24) is 5.32 Å². The molecule has 0 amide bonds. The summed E-state index contributed by atoms with van der Waals surface area (Å²) in [6.45, 7) is 0. The lowest BCUT2D eigenvalue weighted by molar-refractivity contribution is -0.135. The minimum atomic E-state index is -4.46. The van der Waals surface area contributed by atoms with E-state index in [1.54, 1.807) is 0 Å². The Kier molecular flexibility index (Phi) is 4.99. The van der Waals surface area contributed by atoms with Crippen molar-refractivity contribution in [3.63, 3.8) is 0 Å². The van der Waals surface area contributed by atoms with Crippen LogP contribution in [0.3, 0.4) is 0 Å². The minimum absolute atomic E-state index is 0.0365. The molecule has 1 atom stereocenters. The molecule has 0 aliphatic rings. The Morgan fingerprint density at radius 2 is 1.48 bits per heavy atom. The minimum Gasteiger partial charge on any atom is -0.309 e. The maximum Gasteiger partial charge on any atom is 0.332 e. The van der Waals surface area contributed by atoms with Gasteiger partial charge in [0.15, 0.2) is 0 Å². The van der Waals surface area contributed by atoms with Gasteiger partial charge in [0.2, 0.25) is 0 Å². The molecule has 7 heteroatoms. The monoisotopic (exact) mass is 333 g/mol. The zero-order valence-corrected chi connectivity index (χ0v) is 12.0. The Morgan fingerprint density at radius 3 is 2.00 bits per heavy atom. The van der Waals surface area contributed by atoms with Gasteiger partial charge in [-0.2, -0.15) is 8.78 Å². The Hall–Kier alpha value is -2.02. The molecule has 0 spiro atoms. The topological polar surface area (TPSA) is 12.0 Å². The summed E-state index contributed by atoms with van der Waals surface area (Å²) in [6.07, 6.45) is -3.95. The highest BCUT2D eigenvalue weighted by Gasteiger charge is 2.43. The molecule has 0 saturated heterocycles. The SMILES string of the molecule is CNC(c1ccc(F)cc1)c1cc(F)cc(C(F)(F)C(F)F)c1. The van der Waals surface area contributed by atoms with Crippen molar-refractivity contribution < 1.29 is 26.3 Å². The van der Waals surface area contributed by atoms with Crippen LogP contribution in [0.2, 0.25) is 0 Å². The van der Waals surface area contributed by atoms with Crippen molar-refractivity contribution in [2.45, 2.75) is 18.4 Å². The number of benzene rings is 2. The van der Waals surface area contributed by atoms with Gasteiger partial charge in [-0.05, 0) is 48.5 Å². The highest BCUT2D eigenvalue weighted by Crippen LogP contribution is 2.36. The third-order valence-corrected chi connectivity index (χ3v) is 3.40. The fourth-order valence-corrected chi connectivity index (χ4v) is 2.28. The van der Waals surface area contributed by atoms with Crippen molar-refractivity contribution in [1.29, 1.82) is 0 Å². The standard InChI is InChI=1S/C16H13F6N/c1-23-14(9-2-4-12(17)5-3-9)10-6-11(8-13(18)7-10)16(21,22)15(19)20/h2-8,14-15,23H,1H3. The molecule has 1 N–H and O–H groups in total. The molecule has 2 rings (SSSR count). The average Bonchev–Trinajstić information content (AvgIpc) is 2.49. The maximum absolute atomic E-state index is 13.6. The number of alkyl halides is 4. The smallest absolute Gasteiger partial charge is 0.309 e. The highest BCUT2D eigenvalue weighted by molar-refractivity contribution is 5.36. The van der Waals surface area contributed by atoms with E-state index in [4.69, 9.17) is 0 Å². The van der Waals surface area contributed by atoms with E-state index in [9.17, 15) is 26.3 Å². The first-order chi connectivity index (χ1) is 10.8. The third-order valence-electron chi connectivity index (χ3n) is 3.40. The lowest BCUT2D eigenvalue weighted by Gasteiger charge is -2.21. The second kappa shape index (κ2) is 6.62. The van der Waals surface area contributed by atoms with Crippen LogP contribution in [0.5, 0.6) is 0 Å². The summed E-state index contributed by atoms with van der Waals surface area (Å²) in [7, 11) is 1.49. The zero-order valence-electron chi connectivity index (χ0n) is 12.0. The number of rotatable bonds is 5. The summed E-state index contributed by atoms with van der Waals surface area (Å²) >= 11 is 0. The van der Waals surface area contributed by atoms with E-state index >= 15 is 0 Å². The van der Waals surface area contributed by atoms with Gasteiger partial charge in [-0.3, -0.25) is 0 Å². The van der Waals surface area contributed by atoms with Gasteiger partial charge in [-0.15, -0.1) is 0 Å². The van der Waals surface area contributed by atoms with Gasteiger partial charge in [-0.1, -0.05) is 12.1 Å². The second-order valence-electron chi connectivity index (χ2n) is 4.97. The third kappa shape index (κ3) is 3.67. The molecule has 0 saturated carbocycles. The van der Waals surface area contributed by atoms with Crippen molar-refractivity contribution in [3.05, 3.63) is 70.8 Å². The van der Waals surface area contributed by atoms with Crippen LogP contribution in [0.15, 0.2) is 42.5 Å². The van der Waals surface area contributed by atoms with E-state index in [1.807, 2.05) is 0 Å². The van der Waals surface area contributed by atoms with Crippen LogP contribution in [0.25, 0.3) is 0 Å². The van der Waals surface area contributed by atoms with Crippen LogP contribution >= 0.6 is 0 Å². The molecule has 124 valence electrons. The van der Waals surface area contributed by atoms with Crippen LogP contribution in [-0.4, -0.2) is 13.5 Å². The predicted octanol–water partition coefficient (Wildman–Crippen LogP) is 4.63. The normalized spacial score (nSPS) is 13.4. The Labute approximate surface area is 128 Å². The van der Waals surface area contributed by atoms with Crippen molar-refractivity contribution in [2.75, 3.05) is 7.05 Å². The molecule has 0 aliphatic carbocycles. The molecule has 0 aliphatic heterocycles. The van der Waals surface area contributed by atoms with Gasteiger partial charge in [0.1, 0.15) is 11.6 Å². The largest absolute Gasteiger partial charge is 0.332 e. The van der Waals surface area contributed by atoms with Crippen LogP contribution in [0.1, 0.15) is 22.7 Å². The van der Waals surface area contributed by atoms with Gasteiger partial charge >= 0.3 is 12.3 Å². The quantitative estimate of drug-likeness (QED) is 0.787. The van der Waals surface area contributed by atoms with E-state index in [2.05, 4.69) is 5.32 Å². The molecule has 0 heterocycles. The maximum atomic E-state index is 13.6. The molecule has 2 aromatic rings.